The van der Waals surface area contributed by atoms with E-state index < -0.39 is 11.6 Å². The summed E-state index contributed by atoms with van der Waals surface area (Å²) in [5.41, 5.74) is 0.236. The summed E-state index contributed by atoms with van der Waals surface area (Å²) in [6, 6.07) is 3.31. The Balaban J connectivity index is 1.51. The first kappa shape index (κ1) is 16.5. The number of halogens is 2. The standard InChI is InChI=1S/C17H19F2N3O2/c1-11-20-17(24-21-11)12-6-8-22(9-7-12)16(23)5-2-13-10-14(18)3-4-15(13)19/h3-4,10,12H,2,5-9H2,1H3. The van der Waals surface area contributed by atoms with Crippen molar-refractivity contribution in [2.75, 3.05) is 13.1 Å². The molecule has 5 nitrogen and oxygen atoms in total. The van der Waals surface area contributed by atoms with Crippen LogP contribution in [0.1, 0.15) is 42.5 Å². The minimum absolute atomic E-state index is 0.0428. The fourth-order valence-corrected chi connectivity index (χ4v) is 2.99. The van der Waals surface area contributed by atoms with Crippen molar-refractivity contribution in [3.8, 4) is 0 Å². The van der Waals surface area contributed by atoms with E-state index in [9.17, 15) is 13.6 Å². The summed E-state index contributed by atoms with van der Waals surface area (Å²) < 4.78 is 31.9. The van der Waals surface area contributed by atoms with Gasteiger partial charge in [0.25, 0.3) is 0 Å². The quantitative estimate of drug-likeness (QED) is 0.862. The zero-order chi connectivity index (χ0) is 17.1. The van der Waals surface area contributed by atoms with Gasteiger partial charge in [0.05, 0.1) is 0 Å². The van der Waals surface area contributed by atoms with Crippen molar-refractivity contribution in [2.24, 2.45) is 0 Å². The lowest BCUT2D eigenvalue weighted by molar-refractivity contribution is -0.132. The van der Waals surface area contributed by atoms with Crippen LogP contribution >= 0.6 is 0 Å². The van der Waals surface area contributed by atoms with Crippen LogP contribution in [0.3, 0.4) is 0 Å². The number of likely N-dealkylation sites (tertiary alicyclic amines) is 1. The summed E-state index contributed by atoms with van der Waals surface area (Å²) in [4.78, 5) is 18.3. The molecule has 0 spiro atoms. The average Bonchev–Trinajstić information content (AvgIpc) is 3.02. The van der Waals surface area contributed by atoms with E-state index in [0.717, 1.165) is 31.0 Å². The predicted octanol–water partition coefficient (Wildman–Crippen LogP) is 3.00. The van der Waals surface area contributed by atoms with Crippen molar-refractivity contribution in [3.63, 3.8) is 0 Å². The summed E-state index contributed by atoms with van der Waals surface area (Å²) in [7, 11) is 0. The molecule has 2 aromatic rings. The van der Waals surface area contributed by atoms with Gasteiger partial charge < -0.3 is 9.42 Å². The number of benzene rings is 1. The second-order valence-electron chi connectivity index (χ2n) is 6.07. The Labute approximate surface area is 138 Å². The summed E-state index contributed by atoms with van der Waals surface area (Å²) in [6.07, 6.45) is 1.90. The summed E-state index contributed by atoms with van der Waals surface area (Å²) in [5, 5.41) is 3.79. The lowest BCUT2D eigenvalue weighted by Crippen LogP contribution is -2.38. The number of amides is 1. The summed E-state index contributed by atoms with van der Waals surface area (Å²) in [6.45, 7) is 2.99. The van der Waals surface area contributed by atoms with Crippen LogP contribution < -0.4 is 0 Å². The van der Waals surface area contributed by atoms with Gasteiger partial charge >= 0.3 is 0 Å². The lowest BCUT2D eigenvalue weighted by atomic mass is 9.96. The van der Waals surface area contributed by atoms with Gasteiger partial charge in [-0.15, -0.1) is 0 Å². The van der Waals surface area contributed by atoms with Crippen LogP contribution in [0, 0.1) is 18.6 Å². The van der Waals surface area contributed by atoms with E-state index in [4.69, 9.17) is 4.52 Å². The summed E-state index contributed by atoms with van der Waals surface area (Å²) >= 11 is 0. The molecule has 0 N–H and O–H groups in total. The molecule has 0 saturated carbocycles. The molecule has 1 saturated heterocycles. The second kappa shape index (κ2) is 7.07. The molecule has 0 bridgehead atoms. The van der Waals surface area contributed by atoms with Gasteiger partial charge in [0, 0.05) is 25.4 Å². The number of nitrogens with zero attached hydrogens (tertiary/aromatic N) is 3. The van der Waals surface area contributed by atoms with E-state index >= 15 is 0 Å². The fraction of sp³-hybridized carbons (Fsp3) is 0.471. The van der Waals surface area contributed by atoms with Crippen LogP contribution in [0.4, 0.5) is 8.78 Å². The minimum atomic E-state index is -0.491. The molecular formula is C17H19F2N3O2. The van der Waals surface area contributed by atoms with Gasteiger partial charge in [-0.3, -0.25) is 4.79 Å². The second-order valence-corrected chi connectivity index (χ2v) is 6.07. The van der Waals surface area contributed by atoms with E-state index in [1.54, 1.807) is 11.8 Å². The topological polar surface area (TPSA) is 59.2 Å². The van der Waals surface area contributed by atoms with Crippen LogP contribution in [0.5, 0.6) is 0 Å². The molecule has 1 fully saturated rings. The minimum Gasteiger partial charge on any atom is -0.343 e. The molecule has 1 aromatic carbocycles. The number of carbonyl (C=O) groups is 1. The van der Waals surface area contributed by atoms with Crippen molar-refractivity contribution in [1.82, 2.24) is 15.0 Å². The number of rotatable bonds is 4. The monoisotopic (exact) mass is 335 g/mol. The van der Waals surface area contributed by atoms with E-state index in [1.165, 1.54) is 0 Å². The van der Waals surface area contributed by atoms with Crippen LogP contribution in [-0.4, -0.2) is 34.0 Å². The number of aromatic nitrogens is 2. The molecule has 1 aromatic heterocycles. The normalized spacial score (nSPS) is 15.7. The van der Waals surface area contributed by atoms with E-state index in [2.05, 4.69) is 10.1 Å². The first-order chi connectivity index (χ1) is 11.5. The fourth-order valence-electron chi connectivity index (χ4n) is 2.99. The molecule has 1 amide bonds. The maximum Gasteiger partial charge on any atom is 0.229 e. The Kier molecular flexibility index (Phi) is 4.87. The molecule has 1 aliphatic rings. The van der Waals surface area contributed by atoms with Gasteiger partial charge in [-0.05, 0) is 49.9 Å². The van der Waals surface area contributed by atoms with Crippen LogP contribution in [0.2, 0.25) is 0 Å². The maximum atomic E-state index is 13.6. The molecule has 2 heterocycles. The van der Waals surface area contributed by atoms with E-state index in [1.807, 2.05) is 0 Å². The van der Waals surface area contributed by atoms with E-state index in [-0.39, 0.29) is 30.2 Å². The van der Waals surface area contributed by atoms with Crippen molar-refractivity contribution in [2.45, 2.75) is 38.5 Å². The van der Waals surface area contributed by atoms with Crippen molar-refractivity contribution in [1.29, 1.82) is 0 Å². The molecule has 128 valence electrons. The Morgan fingerprint density at radius 3 is 2.75 bits per heavy atom. The zero-order valence-electron chi connectivity index (χ0n) is 13.5. The third-order valence-electron chi connectivity index (χ3n) is 4.36. The highest BCUT2D eigenvalue weighted by molar-refractivity contribution is 5.76. The smallest absolute Gasteiger partial charge is 0.229 e. The molecule has 0 aliphatic carbocycles. The first-order valence-electron chi connectivity index (χ1n) is 8.05. The number of hydrogen-bond donors (Lipinski definition) is 0. The lowest BCUT2D eigenvalue weighted by Gasteiger charge is -2.30. The average molecular weight is 335 g/mol. The highest BCUT2D eigenvalue weighted by Crippen LogP contribution is 2.27. The Morgan fingerprint density at radius 1 is 1.33 bits per heavy atom. The third-order valence-corrected chi connectivity index (χ3v) is 4.36. The van der Waals surface area contributed by atoms with Crippen molar-refractivity contribution >= 4 is 5.91 Å². The largest absolute Gasteiger partial charge is 0.343 e. The molecular weight excluding hydrogens is 316 g/mol. The number of piperidine rings is 1. The van der Waals surface area contributed by atoms with Gasteiger partial charge in [0.2, 0.25) is 11.8 Å². The zero-order valence-corrected chi connectivity index (χ0v) is 13.5. The maximum absolute atomic E-state index is 13.6. The highest BCUT2D eigenvalue weighted by Gasteiger charge is 2.27. The van der Waals surface area contributed by atoms with Gasteiger partial charge in [-0.1, -0.05) is 5.16 Å². The van der Waals surface area contributed by atoms with Gasteiger partial charge in [-0.2, -0.15) is 4.98 Å². The van der Waals surface area contributed by atoms with Crippen LogP contribution in [0.15, 0.2) is 22.7 Å². The Hall–Kier alpha value is -2.31. The Bertz CT molecular complexity index is 724. The molecule has 24 heavy (non-hydrogen) atoms. The molecule has 0 atom stereocenters. The molecule has 1 aliphatic heterocycles. The summed E-state index contributed by atoms with van der Waals surface area (Å²) in [5.74, 6) is 0.404. The predicted molar refractivity (Wildman–Crippen MR) is 82.3 cm³/mol. The van der Waals surface area contributed by atoms with Crippen molar-refractivity contribution < 1.29 is 18.1 Å². The van der Waals surface area contributed by atoms with Gasteiger partial charge in [0.1, 0.15) is 11.6 Å². The molecule has 0 radical (unpaired) electrons. The SMILES string of the molecule is Cc1noc(C2CCN(C(=O)CCc3cc(F)ccc3F)CC2)n1. The molecule has 3 rings (SSSR count). The molecule has 0 unspecified atom stereocenters. The molecule has 7 heteroatoms. The van der Waals surface area contributed by atoms with E-state index in [0.29, 0.717) is 24.8 Å². The number of carbonyl (C=O) groups excluding carboxylic acids is 1. The van der Waals surface area contributed by atoms with Gasteiger partial charge in [-0.25, -0.2) is 8.78 Å². The van der Waals surface area contributed by atoms with Gasteiger partial charge in [0.15, 0.2) is 5.82 Å². The Morgan fingerprint density at radius 2 is 2.08 bits per heavy atom. The van der Waals surface area contributed by atoms with Crippen LogP contribution in [0.25, 0.3) is 0 Å². The van der Waals surface area contributed by atoms with Crippen LogP contribution in [-0.2, 0) is 11.2 Å². The first-order valence-corrected chi connectivity index (χ1v) is 8.05. The third kappa shape index (κ3) is 3.77. The highest BCUT2D eigenvalue weighted by atomic mass is 19.1. The number of hydrogen-bond acceptors (Lipinski definition) is 4. The van der Waals surface area contributed by atoms with Crippen molar-refractivity contribution in [3.05, 3.63) is 47.1 Å². The number of aryl methyl sites for hydroxylation is 2.